The van der Waals surface area contributed by atoms with Crippen molar-refractivity contribution in [3.8, 4) is 0 Å². The Labute approximate surface area is 83.5 Å². The van der Waals surface area contributed by atoms with Crippen molar-refractivity contribution in [3.05, 3.63) is 48.6 Å². The zero-order valence-corrected chi connectivity index (χ0v) is 7.99. The minimum Gasteiger partial charge on any atom is -0.328 e. The van der Waals surface area contributed by atoms with Gasteiger partial charge in [0.25, 0.3) is 0 Å². The van der Waals surface area contributed by atoms with Crippen LogP contribution in [-0.2, 0) is 9.59 Å². The summed E-state index contributed by atoms with van der Waals surface area (Å²) in [7, 11) is 1.45. The molecule has 0 aromatic carbocycles. The van der Waals surface area contributed by atoms with Crippen LogP contribution in [0.2, 0.25) is 0 Å². The van der Waals surface area contributed by atoms with Gasteiger partial charge in [0.15, 0.2) is 0 Å². The van der Waals surface area contributed by atoms with Crippen LogP contribution in [-0.4, -0.2) is 24.6 Å². The molecule has 0 aromatic rings. The van der Waals surface area contributed by atoms with Gasteiger partial charge in [-0.3, -0.25) is 9.59 Å². The molecule has 1 aliphatic rings. The first-order chi connectivity index (χ1) is 6.63. The molecular weight excluding hydrogens is 177 g/mol. The van der Waals surface area contributed by atoms with Crippen molar-refractivity contribution >= 4 is 19.8 Å². The first kappa shape index (κ1) is 10.2. The summed E-state index contributed by atoms with van der Waals surface area (Å²) in [6.07, 6.45) is 6.12. The molecule has 14 heavy (non-hydrogen) atoms. The molecule has 0 spiro atoms. The van der Waals surface area contributed by atoms with Gasteiger partial charge in [-0.15, -0.1) is 0 Å². The van der Waals surface area contributed by atoms with Gasteiger partial charge in [-0.05, 0) is 6.08 Å². The molecule has 1 rings (SSSR count). The van der Waals surface area contributed by atoms with Crippen LogP contribution in [0.3, 0.4) is 0 Å². The SMILES string of the molecule is BN1C(=O)C(C=C)=C(/C=C\C=C)C1=O. The molecule has 0 fully saturated rings. The van der Waals surface area contributed by atoms with Gasteiger partial charge in [-0.1, -0.05) is 31.4 Å². The Kier molecular flexibility index (Phi) is 2.87. The summed E-state index contributed by atoms with van der Waals surface area (Å²) in [5.74, 6) is -0.614. The van der Waals surface area contributed by atoms with E-state index in [0.717, 1.165) is 4.81 Å². The van der Waals surface area contributed by atoms with Gasteiger partial charge < -0.3 is 4.81 Å². The first-order valence-electron chi connectivity index (χ1n) is 4.11. The highest BCUT2D eigenvalue weighted by Gasteiger charge is 2.31. The van der Waals surface area contributed by atoms with Crippen LogP contribution in [0.4, 0.5) is 0 Å². The Morgan fingerprint density at radius 3 is 2.21 bits per heavy atom. The average Bonchev–Trinajstić information content (AvgIpc) is 2.39. The first-order valence-corrected chi connectivity index (χ1v) is 4.11. The number of nitrogens with zero attached hydrogens (tertiary/aromatic N) is 1. The molecule has 0 unspecified atom stereocenters. The second-order valence-electron chi connectivity index (χ2n) is 2.80. The van der Waals surface area contributed by atoms with E-state index in [-0.39, 0.29) is 11.8 Å². The summed E-state index contributed by atoms with van der Waals surface area (Å²) in [6, 6.07) is 0. The van der Waals surface area contributed by atoms with Gasteiger partial charge in [-0.2, -0.15) is 0 Å². The summed E-state index contributed by atoms with van der Waals surface area (Å²) in [6.45, 7) is 6.99. The fourth-order valence-electron chi connectivity index (χ4n) is 1.21. The van der Waals surface area contributed by atoms with E-state index < -0.39 is 0 Å². The van der Waals surface area contributed by atoms with Crippen LogP contribution >= 0.6 is 0 Å². The maximum Gasteiger partial charge on any atom is 0.248 e. The maximum atomic E-state index is 11.5. The average molecular weight is 187 g/mol. The number of hydrogen-bond donors (Lipinski definition) is 0. The quantitative estimate of drug-likeness (QED) is 0.357. The molecule has 0 radical (unpaired) electrons. The highest BCUT2D eigenvalue weighted by Crippen LogP contribution is 2.20. The molecule has 4 heteroatoms. The smallest absolute Gasteiger partial charge is 0.248 e. The van der Waals surface area contributed by atoms with Crippen LogP contribution < -0.4 is 0 Å². The Balaban J connectivity index is 3.20. The molecule has 1 aliphatic heterocycles. The highest BCUT2D eigenvalue weighted by molar-refractivity contribution is 6.36. The fraction of sp³-hybridized carbons (Fsp3) is 0. The molecule has 2 amide bonds. The lowest BCUT2D eigenvalue weighted by Gasteiger charge is -2.05. The van der Waals surface area contributed by atoms with Gasteiger partial charge in [0, 0.05) is 0 Å². The third-order valence-electron chi connectivity index (χ3n) is 1.96. The van der Waals surface area contributed by atoms with Gasteiger partial charge >= 0.3 is 0 Å². The van der Waals surface area contributed by atoms with Crippen molar-refractivity contribution < 1.29 is 9.59 Å². The largest absolute Gasteiger partial charge is 0.328 e. The standard InChI is InChI=1S/C10H10BNO2/c1-3-5-6-8-7(4-2)9(13)12(11)10(8)14/h3-6H,1-2,11H2/b6-5-. The minimum absolute atomic E-state index is 0.303. The topological polar surface area (TPSA) is 37.4 Å². The van der Waals surface area contributed by atoms with Crippen molar-refractivity contribution in [2.45, 2.75) is 0 Å². The lowest BCUT2D eigenvalue weighted by molar-refractivity contribution is -0.131. The van der Waals surface area contributed by atoms with E-state index in [0.29, 0.717) is 11.1 Å². The van der Waals surface area contributed by atoms with E-state index in [1.165, 1.54) is 14.1 Å². The van der Waals surface area contributed by atoms with Crippen molar-refractivity contribution in [2.75, 3.05) is 0 Å². The fourth-order valence-corrected chi connectivity index (χ4v) is 1.21. The number of allylic oxidation sites excluding steroid dienone is 2. The van der Waals surface area contributed by atoms with Gasteiger partial charge in [-0.25, -0.2) is 0 Å². The van der Waals surface area contributed by atoms with E-state index in [1.807, 2.05) is 0 Å². The molecule has 0 aromatic heterocycles. The number of amides is 2. The number of carbonyl (C=O) groups is 2. The zero-order chi connectivity index (χ0) is 10.7. The van der Waals surface area contributed by atoms with Crippen LogP contribution in [0.5, 0.6) is 0 Å². The van der Waals surface area contributed by atoms with E-state index in [4.69, 9.17) is 0 Å². The molecule has 0 aliphatic carbocycles. The molecule has 0 saturated heterocycles. The molecule has 70 valence electrons. The molecule has 0 saturated carbocycles. The Morgan fingerprint density at radius 2 is 1.71 bits per heavy atom. The third kappa shape index (κ3) is 1.46. The van der Waals surface area contributed by atoms with Gasteiger partial charge in [0.2, 0.25) is 19.8 Å². The van der Waals surface area contributed by atoms with Crippen molar-refractivity contribution in [1.82, 2.24) is 4.81 Å². The number of rotatable bonds is 3. The van der Waals surface area contributed by atoms with Crippen LogP contribution in [0.15, 0.2) is 48.6 Å². The third-order valence-corrected chi connectivity index (χ3v) is 1.96. The molecule has 0 N–H and O–H groups in total. The van der Waals surface area contributed by atoms with Crippen LogP contribution in [0, 0.1) is 0 Å². The molecule has 0 bridgehead atoms. The molecule has 3 nitrogen and oxygen atoms in total. The van der Waals surface area contributed by atoms with Gasteiger partial charge in [0.1, 0.15) is 0 Å². The normalized spacial score (nSPS) is 17.0. The van der Waals surface area contributed by atoms with E-state index in [9.17, 15) is 9.59 Å². The Hall–Kier alpha value is -1.84. The van der Waals surface area contributed by atoms with Crippen LogP contribution in [0.25, 0.3) is 0 Å². The second-order valence-corrected chi connectivity index (χ2v) is 2.80. The summed E-state index contributed by atoms with van der Waals surface area (Å²) in [5, 5.41) is 0. The molecule has 0 atom stereocenters. The monoisotopic (exact) mass is 187 g/mol. The van der Waals surface area contributed by atoms with Gasteiger partial charge in [0.05, 0.1) is 11.1 Å². The molecule has 1 heterocycles. The Morgan fingerprint density at radius 1 is 1.14 bits per heavy atom. The number of imide groups is 1. The predicted octanol–water partition coefficient (Wildman–Crippen LogP) is 0.128. The summed E-state index contributed by atoms with van der Waals surface area (Å²) >= 11 is 0. The van der Waals surface area contributed by atoms with E-state index >= 15 is 0 Å². The van der Waals surface area contributed by atoms with Crippen molar-refractivity contribution in [3.63, 3.8) is 0 Å². The highest BCUT2D eigenvalue weighted by atomic mass is 16.2. The summed E-state index contributed by atoms with van der Waals surface area (Å²) in [4.78, 5) is 24.0. The lowest BCUT2D eigenvalue weighted by Crippen LogP contribution is -2.28. The number of hydrogen-bond acceptors (Lipinski definition) is 2. The van der Waals surface area contributed by atoms with Crippen LogP contribution in [0.1, 0.15) is 0 Å². The number of carbonyl (C=O) groups excluding carboxylic acids is 2. The second kappa shape index (κ2) is 3.92. The molecular formula is C10H10BNO2. The van der Waals surface area contributed by atoms with Crippen molar-refractivity contribution in [1.29, 1.82) is 0 Å². The van der Waals surface area contributed by atoms with E-state index in [2.05, 4.69) is 13.2 Å². The minimum atomic E-state index is -0.311. The summed E-state index contributed by atoms with van der Waals surface area (Å²) < 4.78 is 0. The zero-order valence-electron chi connectivity index (χ0n) is 7.99. The lowest BCUT2D eigenvalue weighted by atomic mass is 10.1. The summed E-state index contributed by atoms with van der Waals surface area (Å²) in [5.41, 5.74) is 0.711. The maximum absolute atomic E-state index is 11.5. The van der Waals surface area contributed by atoms with Crippen molar-refractivity contribution in [2.24, 2.45) is 0 Å². The predicted molar refractivity (Wildman–Crippen MR) is 57.0 cm³/mol. The van der Waals surface area contributed by atoms with E-state index in [1.54, 1.807) is 18.2 Å². The Bertz CT molecular complexity index is 380.